The van der Waals surface area contributed by atoms with Crippen molar-refractivity contribution in [2.24, 2.45) is 0 Å². The first kappa shape index (κ1) is 11.2. The van der Waals surface area contributed by atoms with Gasteiger partial charge in [0.05, 0.1) is 0 Å². The average Bonchev–Trinajstić information content (AvgIpc) is 1.99. The first-order chi connectivity index (χ1) is 6.73. The molecule has 0 aliphatic heterocycles. The summed E-state index contributed by atoms with van der Waals surface area (Å²) < 4.78 is 0.972. The van der Waals surface area contributed by atoms with E-state index < -0.39 is 28.5 Å². The molecule has 6 nitrogen and oxygen atoms in total. The predicted octanol–water partition coefficient (Wildman–Crippen LogP) is -0.0102. The monoisotopic (exact) mass is 212 g/mol. The minimum Gasteiger partial charge on any atom is -0.477 e. The third-order valence-corrected chi connectivity index (χ3v) is 1.83. The largest absolute Gasteiger partial charge is 0.477 e. The number of hydrogen-bond donors (Lipinski definition) is 2. The SMILES string of the molecule is CC(C)(C)n1c(=O)cc(C(=O)O)[nH]c1=O. The molecule has 0 unspecified atom stereocenters. The molecular formula is C9H12N2O4. The third-order valence-electron chi connectivity index (χ3n) is 1.83. The van der Waals surface area contributed by atoms with E-state index in [-0.39, 0.29) is 0 Å². The fraction of sp³-hybridized carbons (Fsp3) is 0.444. The minimum atomic E-state index is -1.33. The van der Waals surface area contributed by atoms with Gasteiger partial charge in [-0.1, -0.05) is 0 Å². The van der Waals surface area contributed by atoms with E-state index in [0.29, 0.717) is 0 Å². The van der Waals surface area contributed by atoms with Crippen LogP contribution in [0.25, 0.3) is 0 Å². The summed E-state index contributed by atoms with van der Waals surface area (Å²) in [5, 5.41) is 8.61. The van der Waals surface area contributed by atoms with Gasteiger partial charge in [0.1, 0.15) is 5.69 Å². The molecule has 0 radical (unpaired) electrons. The number of carboxylic acid groups (broad SMARTS) is 1. The Morgan fingerprint density at radius 2 is 1.93 bits per heavy atom. The first-order valence-electron chi connectivity index (χ1n) is 4.33. The quantitative estimate of drug-likeness (QED) is 0.684. The van der Waals surface area contributed by atoms with Crippen molar-refractivity contribution in [3.8, 4) is 0 Å². The smallest absolute Gasteiger partial charge is 0.352 e. The Balaban J connectivity index is 3.56. The van der Waals surface area contributed by atoms with Gasteiger partial charge in [-0.3, -0.25) is 9.36 Å². The molecule has 0 amide bonds. The summed E-state index contributed by atoms with van der Waals surface area (Å²) in [6.07, 6.45) is 0. The number of aromatic carboxylic acids is 1. The lowest BCUT2D eigenvalue weighted by Gasteiger charge is -2.20. The average molecular weight is 212 g/mol. The molecule has 2 N–H and O–H groups in total. The van der Waals surface area contributed by atoms with Crippen LogP contribution in [0.2, 0.25) is 0 Å². The molecule has 15 heavy (non-hydrogen) atoms. The number of nitrogens with one attached hydrogen (secondary N) is 1. The topological polar surface area (TPSA) is 92.2 Å². The second kappa shape index (κ2) is 3.38. The Morgan fingerprint density at radius 3 is 2.27 bits per heavy atom. The van der Waals surface area contributed by atoms with E-state index in [4.69, 9.17) is 5.11 Å². The summed E-state index contributed by atoms with van der Waals surface area (Å²) in [4.78, 5) is 35.6. The number of carbonyl (C=O) groups is 1. The Labute approximate surface area is 85.2 Å². The van der Waals surface area contributed by atoms with Gasteiger partial charge in [0, 0.05) is 11.6 Å². The zero-order valence-electron chi connectivity index (χ0n) is 8.70. The minimum absolute atomic E-state index is 0.398. The lowest BCUT2D eigenvalue weighted by Crippen LogP contribution is -2.45. The van der Waals surface area contributed by atoms with Gasteiger partial charge in [-0.2, -0.15) is 0 Å². The van der Waals surface area contributed by atoms with Crippen LogP contribution < -0.4 is 11.2 Å². The molecule has 82 valence electrons. The summed E-state index contributed by atoms with van der Waals surface area (Å²) in [7, 11) is 0. The van der Waals surface area contributed by atoms with Crippen LogP contribution >= 0.6 is 0 Å². The highest BCUT2D eigenvalue weighted by molar-refractivity contribution is 5.84. The van der Waals surface area contributed by atoms with Crippen LogP contribution in [0, 0.1) is 0 Å². The summed E-state index contributed by atoms with van der Waals surface area (Å²) in [5.41, 5.74) is -2.41. The van der Waals surface area contributed by atoms with E-state index >= 15 is 0 Å². The van der Waals surface area contributed by atoms with Crippen molar-refractivity contribution in [1.82, 2.24) is 9.55 Å². The maximum atomic E-state index is 11.5. The van der Waals surface area contributed by atoms with E-state index in [9.17, 15) is 14.4 Å². The molecule has 0 aliphatic carbocycles. The highest BCUT2D eigenvalue weighted by atomic mass is 16.4. The molecular weight excluding hydrogens is 200 g/mol. The molecule has 1 heterocycles. The van der Waals surface area contributed by atoms with Gasteiger partial charge >= 0.3 is 11.7 Å². The summed E-state index contributed by atoms with van der Waals surface area (Å²) in [6.45, 7) is 5.05. The van der Waals surface area contributed by atoms with Crippen molar-refractivity contribution in [2.45, 2.75) is 26.3 Å². The van der Waals surface area contributed by atoms with E-state index in [1.54, 1.807) is 20.8 Å². The van der Waals surface area contributed by atoms with E-state index in [0.717, 1.165) is 10.6 Å². The van der Waals surface area contributed by atoms with Crippen molar-refractivity contribution in [3.63, 3.8) is 0 Å². The van der Waals surface area contributed by atoms with Crippen molar-refractivity contribution in [3.05, 3.63) is 32.6 Å². The molecule has 0 fully saturated rings. The van der Waals surface area contributed by atoms with E-state index in [2.05, 4.69) is 4.98 Å². The van der Waals surface area contributed by atoms with E-state index in [1.165, 1.54) is 0 Å². The number of hydrogen-bond acceptors (Lipinski definition) is 3. The lowest BCUT2D eigenvalue weighted by atomic mass is 10.1. The Hall–Kier alpha value is -1.85. The van der Waals surface area contributed by atoms with Crippen molar-refractivity contribution < 1.29 is 9.90 Å². The van der Waals surface area contributed by atoms with Gasteiger partial charge in [0.2, 0.25) is 0 Å². The molecule has 0 bridgehead atoms. The summed E-state index contributed by atoms with van der Waals surface area (Å²) in [6, 6.07) is 0.898. The first-order valence-corrected chi connectivity index (χ1v) is 4.33. The van der Waals surface area contributed by atoms with Gasteiger partial charge in [-0.05, 0) is 20.8 Å². The Bertz CT molecular complexity index is 473. The van der Waals surface area contributed by atoms with Crippen molar-refractivity contribution >= 4 is 5.97 Å². The second-order valence-electron chi connectivity index (χ2n) is 4.14. The molecule has 6 heteroatoms. The summed E-state index contributed by atoms with van der Waals surface area (Å²) in [5.74, 6) is -1.33. The molecule has 0 atom stereocenters. The van der Waals surface area contributed by atoms with Gasteiger partial charge < -0.3 is 10.1 Å². The Kier molecular flexibility index (Phi) is 2.53. The predicted molar refractivity (Wildman–Crippen MR) is 53.3 cm³/mol. The number of H-pyrrole nitrogens is 1. The van der Waals surface area contributed by atoms with Crippen LogP contribution in [0.3, 0.4) is 0 Å². The fourth-order valence-corrected chi connectivity index (χ4v) is 1.25. The van der Waals surface area contributed by atoms with Crippen LogP contribution in [0.15, 0.2) is 15.7 Å². The number of rotatable bonds is 1. The standard InChI is InChI=1S/C9H12N2O4/c1-9(2,3)11-6(12)4-5(7(13)14)10-8(11)15/h4H,1-3H3,(H,10,15)(H,13,14). The van der Waals surface area contributed by atoms with Gasteiger partial charge in [0.15, 0.2) is 0 Å². The number of nitrogens with zero attached hydrogens (tertiary/aromatic N) is 1. The lowest BCUT2D eigenvalue weighted by molar-refractivity contribution is 0.0689. The van der Waals surface area contributed by atoms with Crippen LogP contribution in [0.5, 0.6) is 0 Å². The van der Waals surface area contributed by atoms with Gasteiger partial charge in [0.25, 0.3) is 5.56 Å². The third kappa shape index (κ3) is 2.15. The number of aromatic nitrogens is 2. The highest BCUT2D eigenvalue weighted by Crippen LogP contribution is 2.06. The van der Waals surface area contributed by atoms with E-state index in [1.807, 2.05) is 0 Å². The van der Waals surface area contributed by atoms with Gasteiger partial charge in [-0.25, -0.2) is 9.59 Å². The highest BCUT2D eigenvalue weighted by Gasteiger charge is 2.19. The molecule has 1 aromatic heterocycles. The van der Waals surface area contributed by atoms with Crippen molar-refractivity contribution in [1.29, 1.82) is 0 Å². The molecule has 1 rings (SSSR count). The summed E-state index contributed by atoms with van der Waals surface area (Å²) >= 11 is 0. The second-order valence-corrected chi connectivity index (χ2v) is 4.14. The molecule has 0 saturated carbocycles. The van der Waals surface area contributed by atoms with Gasteiger partial charge in [-0.15, -0.1) is 0 Å². The van der Waals surface area contributed by atoms with Crippen LogP contribution in [0.4, 0.5) is 0 Å². The molecule has 0 aliphatic rings. The van der Waals surface area contributed by atoms with Crippen LogP contribution in [-0.2, 0) is 5.54 Å². The van der Waals surface area contributed by atoms with Crippen molar-refractivity contribution in [2.75, 3.05) is 0 Å². The zero-order chi connectivity index (χ0) is 11.8. The zero-order valence-corrected chi connectivity index (χ0v) is 8.70. The number of aromatic amines is 1. The normalized spacial score (nSPS) is 11.4. The fourth-order valence-electron chi connectivity index (χ4n) is 1.25. The van der Waals surface area contributed by atoms with Crippen LogP contribution in [0.1, 0.15) is 31.3 Å². The number of carboxylic acids is 1. The Morgan fingerprint density at radius 1 is 1.40 bits per heavy atom. The molecule has 0 spiro atoms. The molecule has 1 aromatic rings. The molecule has 0 aromatic carbocycles. The van der Waals surface area contributed by atoms with Crippen LogP contribution in [-0.4, -0.2) is 20.6 Å². The molecule has 0 saturated heterocycles. The maximum absolute atomic E-state index is 11.5. The maximum Gasteiger partial charge on any atom is 0.352 e.